The highest BCUT2D eigenvalue weighted by molar-refractivity contribution is 6.00. The third-order valence-corrected chi connectivity index (χ3v) is 13.1. The van der Waals surface area contributed by atoms with Gasteiger partial charge in [0.05, 0.1) is 11.0 Å². The van der Waals surface area contributed by atoms with E-state index in [1.807, 2.05) is 12.1 Å². The van der Waals surface area contributed by atoms with Gasteiger partial charge in [0.1, 0.15) is 17.3 Å². The number of hydrogen-bond acceptors (Lipinski definition) is 6. The maximum atomic E-state index is 14.1. The van der Waals surface area contributed by atoms with Crippen LogP contribution in [0.15, 0.2) is 64.3 Å². The molecule has 2 bridgehead atoms. The van der Waals surface area contributed by atoms with Crippen molar-refractivity contribution < 1.29 is 19.1 Å². The first-order valence-corrected chi connectivity index (χ1v) is 18.0. The lowest BCUT2D eigenvalue weighted by atomic mass is 9.44. The summed E-state index contributed by atoms with van der Waals surface area (Å²) in [5, 5.41) is 0. The minimum Gasteiger partial charge on any atom is -0.427 e. The van der Waals surface area contributed by atoms with Crippen LogP contribution in [0.3, 0.4) is 0 Å². The number of carbonyl (C=O) groups is 2. The maximum absolute atomic E-state index is 14.1. The molecule has 45 heavy (non-hydrogen) atoms. The van der Waals surface area contributed by atoms with Crippen molar-refractivity contribution >= 4 is 17.8 Å². The molecule has 8 aliphatic rings. The summed E-state index contributed by atoms with van der Waals surface area (Å²) >= 11 is 0. The molecule has 6 heteroatoms. The number of nitrogen functional groups attached to an aromatic ring is 1. The third-order valence-electron chi connectivity index (χ3n) is 13.1. The molecule has 238 valence electrons. The van der Waals surface area contributed by atoms with Crippen molar-refractivity contribution in [1.29, 1.82) is 0 Å². The van der Waals surface area contributed by atoms with Crippen molar-refractivity contribution in [2.45, 2.75) is 116 Å². The lowest BCUT2D eigenvalue weighted by molar-refractivity contribution is -0.135. The van der Waals surface area contributed by atoms with Gasteiger partial charge in [-0.05, 0) is 117 Å². The molecule has 2 N–H and O–H groups in total. The first-order chi connectivity index (χ1) is 21.9. The van der Waals surface area contributed by atoms with Crippen molar-refractivity contribution in [3.8, 4) is 0 Å². The van der Waals surface area contributed by atoms with E-state index < -0.39 is 5.41 Å². The minimum absolute atomic E-state index is 0.0757. The van der Waals surface area contributed by atoms with E-state index in [2.05, 4.69) is 24.1 Å². The van der Waals surface area contributed by atoms with Gasteiger partial charge in [-0.15, -0.1) is 0 Å². The largest absolute Gasteiger partial charge is 0.427 e. The SMILES string of the molecule is CCC1(C=C2OC(=O)C3=C2CCC2C4CCC5(C(=CCCC6CCCCC6)OC(=O)C5=C4Cc4ccnc(N)c4)C32)CCCC1. The lowest BCUT2D eigenvalue weighted by Crippen LogP contribution is -2.52. The molecule has 2 aliphatic heterocycles. The molecule has 9 rings (SSSR count). The smallest absolute Gasteiger partial charge is 0.340 e. The molecule has 0 radical (unpaired) electrons. The Balaban J connectivity index is 1.24. The highest BCUT2D eigenvalue weighted by Gasteiger charge is 2.68. The first-order valence-electron chi connectivity index (χ1n) is 18.0. The number of esters is 2. The monoisotopic (exact) mass is 608 g/mol. The van der Waals surface area contributed by atoms with Gasteiger partial charge in [0.15, 0.2) is 0 Å². The summed E-state index contributed by atoms with van der Waals surface area (Å²) in [5.41, 5.74) is 10.7. The fourth-order valence-corrected chi connectivity index (χ4v) is 10.9. The summed E-state index contributed by atoms with van der Waals surface area (Å²) < 4.78 is 12.6. The van der Waals surface area contributed by atoms with Crippen LogP contribution in [-0.4, -0.2) is 16.9 Å². The second-order valence-corrected chi connectivity index (χ2v) is 15.2. The second kappa shape index (κ2) is 11.3. The van der Waals surface area contributed by atoms with Crippen LogP contribution in [0, 0.1) is 34.5 Å². The van der Waals surface area contributed by atoms with Crippen LogP contribution >= 0.6 is 0 Å². The number of nitrogens with two attached hydrogens (primary N) is 1. The van der Waals surface area contributed by atoms with Gasteiger partial charge in [-0.1, -0.05) is 57.4 Å². The number of nitrogens with zero attached hydrogens (tertiary/aromatic N) is 1. The van der Waals surface area contributed by atoms with E-state index in [4.69, 9.17) is 15.2 Å². The molecule has 0 amide bonds. The number of fused-ring (bicyclic) bond motifs is 1. The molecule has 0 aromatic carbocycles. The fraction of sp³-hybridized carbons (Fsp3) is 0.615. The number of carbonyl (C=O) groups excluding carboxylic acids is 2. The van der Waals surface area contributed by atoms with Crippen LogP contribution in [0.4, 0.5) is 5.82 Å². The molecule has 1 aromatic rings. The van der Waals surface area contributed by atoms with Gasteiger partial charge in [0.25, 0.3) is 0 Å². The molecule has 6 aliphatic carbocycles. The van der Waals surface area contributed by atoms with Gasteiger partial charge >= 0.3 is 11.9 Å². The van der Waals surface area contributed by atoms with Crippen molar-refractivity contribution in [3.05, 3.63) is 69.9 Å². The Labute approximate surface area is 267 Å². The molecule has 4 fully saturated rings. The van der Waals surface area contributed by atoms with E-state index in [1.54, 1.807) is 6.20 Å². The third kappa shape index (κ3) is 4.67. The number of ether oxygens (including phenoxy) is 2. The zero-order chi connectivity index (χ0) is 30.8. The maximum Gasteiger partial charge on any atom is 0.340 e. The van der Waals surface area contributed by atoms with E-state index in [-0.39, 0.29) is 35.1 Å². The Bertz CT molecular complexity index is 1540. The number of anilines is 1. The van der Waals surface area contributed by atoms with Crippen LogP contribution in [0.5, 0.6) is 0 Å². The molecule has 4 atom stereocenters. The predicted molar refractivity (Wildman–Crippen MR) is 173 cm³/mol. The highest BCUT2D eigenvalue weighted by atomic mass is 16.5. The van der Waals surface area contributed by atoms with Gasteiger partial charge in [0, 0.05) is 23.3 Å². The Morgan fingerprint density at radius 3 is 2.60 bits per heavy atom. The quantitative estimate of drug-likeness (QED) is 0.312. The molecule has 3 heterocycles. The van der Waals surface area contributed by atoms with Gasteiger partial charge in [-0.25, -0.2) is 14.6 Å². The van der Waals surface area contributed by atoms with Crippen LogP contribution in [0.1, 0.15) is 115 Å². The molecule has 6 nitrogen and oxygen atoms in total. The first kappa shape index (κ1) is 29.3. The topological polar surface area (TPSA) is 91.5 Å². The Morgan fingerprint density at radius 2 is 1.82 bits per heavy atom. The van der Waals surface area contributed by atoms with Crippen LogP contribution in [-0.2, 0) is 25.5 Å². The number of allylic oxidation sites excluding steroid dienone is 5. The van der Waals surface area contributed by atoms with Crippen LogP contribution in [0.2, 0.25) is 0 Å². The van der Waals surface area contributed by atoms with E-state index in [1.165, 1.54) is 50.5 Å². The van der Waals surface area contributed by atoms with E-state index in [9.17, 15) is 9.59 Å². The number of pyridine rings is 1. The molecule has 1 aromatic heterocycles. The number of hydrogen-bond donors (Lipinski definition) is 1. The van der Waals surface area contributed by atoms with Gasteiger partial charge in [0.2, 0.25) is 0 Å². The molecular formula is C39H48N2O4. The van der Waals surface area contributed by atoms with Crippen molar-refractivity contribution in [2.75, 3.05) is 5.73 Å². The van der Waals surface area contributed by atoms with Gasteiger partial charge in [-0.2, -0.15) is 0 Å². The molecular weight excluding hydrogens is 560 g/mol. The van der Waals surface area contributed by atoms with Crippen molar-refractivity contribution in [2.24, 2.45) is 34.5 Å². The fourth-order valence-electron chi connectivity index (χ4n) is 10.9. The second-order valence-electron chi connectivity index (χ2n) is 15.2. The highest BCUT2D eigenvalue weighted by Crippen LogP contribution is 2.70. The number of cyclic esters (lactones) is 2. The molecule has 3 saturated carbocycles. The summed E-state index contributed by atoms with van der Waals surface area (Å²) in [6.45, 7) is 2.27. The number of aromatic nitrogens is 1. The summed E-state index contributed by atoms with van der Waals surface area (Å²) in [4.78, 5) is 32.3. The Hall–Kier alpha value is -3.15. The van der Waals surface area contributed by atoms with Crippen molar-refractivity contribution in [1.82, 2.24) is 4.98 Å². The normalized spacial score (nSPS) is 33.9. The Kier molecular flexibility index (Phi) is 7.33. The molecule has 1 spiro atoms. The van der Waals surface area contributed by atoms with Gasteiger partial charge in [-0.3, -0.25) is 0 Å². The number of rotatable bonds is 7. The summed E-state index contributed by atoms with van der Waals surface area (Å²) in [7, 11) is 0. The van der Waals surface area contributed by atoms with Crippen molar-refractivity contribution in [3.63, 3.8) is 0 Å². The van der Waals surface area contributed by atoms with E-state index in [0.29, 0.717) is 12.2 Å². The van der Waals surface area contributed by atoms with E-state index >= 15 is 0 Å². The predicted octanol–water partition coefficient (Wildman–Crippen LogP) is 8.45. The summed E-state index contributed by atoms with van der Waals surface area (Å²) in [6.07, 6.45) is 25.3. The van der Waals surface area contributed by atoms with Gasteiger partial charge < -0.3 is 15.2 Å². The Morgan fingerprint density at radius 1 is 1.00 bits per heavy atom. The lowest BCUT2D eigenvalue weighted by Gasteiger charge is -2.56. The van der Waals surface area contributed by atoms with Crippen LogP contribution < -0.4 is 5.73 Å². The standard InChI is InChI=1S/C39H48N2O4/c1-2-38(17-6-7-18-38)23-30-28-14-13-27-26-15-19-39(34(27)33(28)36(42)44-30)31(12-8-11-24-9-4-3-5-10-24)45-37(43)35(39)29(26)21-25-16-20-41-32(40)22-25/h12,16,20,22-24,26-27,34H,2-11,13-15,17-19,21H2,1H3,(H2,40,41). The average molecular weight is 609 g/mol. The summed E-state index contributed by atoms with van der Waals surface area (Å²) in [5.74, 6) is 2.95. The zero-order valence-electron chi connectivity index (χ0n) is 26.9. The minimum atomic E-state index is -0.595. The van der Waals surface area contributed by atoms with Crippen LogP contribution in [0.25, 0.3) is 0 Å². The molecule has 4 unspecified atom stereocenters. The zero-order valence-corrected chi connectivity index (χ0v) is 26.9. The molecule has 1 saturated heterocycles. The van der Waals surface area contributed by atoms with E-state index in [0.717, 1.165) is 97.5 Å². The summed E-state index contributed by atoms with van der Waals surface area (Å²) in [6, 6.07) is 3.94. The average Bonchev–Trinajstić information content (AvgIpc) is 3.73.